The van der Waals surface area contributed by atoms with Gasteiger partial charge in [-0.25, -0.2) is 4.68 Å². The highest BCUT2D eigenvalue weighted by molar-refractivity contribution is 5.92. The molecule has 1 amide bonds. The zero-order valence-electron chi connectivity index (χ0n) is 16.0. The van der Waals surface area contributed by atoms with Crippen LogP contribution in [-0.4, -0.2) is 57.7 Å². The molecule has 2 saturated heterocycles. The monoisotopic (exact) mass is 366 g/mol. The Morgan fingerprint density at radius 1 is 1.07 bits per heavy atom. The van der Waals surface area contributed by atoms with Gasteiger partial charge in [0.15, 0.2) is 0 Å². The zero-order valence-corrected chi connectivity index (χ0v) is 16.0. The number of carbonyl (C=O) groups is 1. The lowest BCUT2D eigenvalue weighted by atomic mass is 9.81. The van der Waals surface area contributed by atoms with E-state index in [0.29, 0.717) is 11.6 Å². The summed E-state index contributed by atoms with van der Waals surface area (Å²) in [6.45, 7) is 2.53. The van der Waals surface area contributed by atoms with Crippen LogP contribution in [0.25, 0.3) is 0 Å². The first-order valence-electron chi connectivity index (χ1n) is 9.58. The molecule has 142 valence electrons. The SMILES string of the molecule is CN1CC(c2ccccc2)CC12CCN(C(=O)c1ccc(=O)n(C)n1)CC2. The van der Waals surface area contributed by atoms with Gasteiger partial charge in [0.1, 0.15) is 5.69 Å². The molecule has 3 heterocycles. The minimum Gasteiger partial charge on any atom is -0.337 e. The van der Waals surface area contributed by atoms with Crippen LogP contribution >= 0.6 is 0 Å². The van der Waals surface area contributed by atoms with E-state index in [2.05, 4.69) is 47.4 Å². The summed E-state index contributed by atoms with van der Waals surface area (Å²) >= 11 is 0. The van der Waals surface area contributed by atoms with Gasteiger partial charge < -0.3 is 4.90 Å². The number of amides is 1. The maximum atomic E-state index is 12.8. The van der Waals surface area contributed by atoms with E-state index in [9.17, 15) is 9.59 Å². The van der Waals surface area contributed by atoms with Crippen molar-refractivity contribution >= 4 is 5.91 Å². The van der Waals surface area contributed by atoms with Gasteiger partial charge >= 0.3 is 0 Å². The highest BCUT2D eigenvalue weighted by Crippen LogP contribution is 2.44. The van der Waals surface area contributed by atoms with E-state index in [0.717, 1.165) is 38.9 Å². The Morgan fingerprint density at radius 3 is 2.44 bits per heavy atom. The number of likely N-dealkylation sites (N-methyl/N-ethyl adjacent to an activating group) is 1. The van der Waals surface area contributed by atoms with Gasteiger partial charge in [-0.1, -0.05) is 30.3 Å². The van der Waals surface area contributed by atoms with Crippen molar-refractivity contribution in [2.45, 2.75) is 30.7 Å². The summed E-state index contributed by atoms with van der Waals surface area (Å²) < 4.78 is 1.22. The number of likely N-dealkylation sites (tertiary alicyclic amines) is 2. The summed E-state index contributed by atoms with van der Waals surface area (Å²) in [5.41, 5.74) is 1.72. The number of aryl methyl sites for hydroxylation is 1. The summed E-state index contributed by atoms with van der Waals surface area (Å²) in [5.74, 6) is 0.476. The third-order valence-electron chi connectivity index (χ3n) is 6.36. The van der Waals surface area contributed by atoms with Gasteiger partial charge in [-0.3, -0.25) is 14.5 Å². The van der Waals surface area contributed by atoms with Crippen molar-refractivity contribution in [2.24, 2.45) is 7.05 Å². The quantitative estimate of drug-likeness (QED) is 0.814. The molecule has 6 nitrogen and oxygen atoms in total. The summed E-state index contributed by atoms with van der Waals surface area (Å²) in [6, 6.07) is 13.7. The van der Waals surface area contributed by atoms with Crippen LogP contribution in [0.1, 0.15) is 41.2 Å². The highest BCUT2D eigenvalue weighted by Gasteiger charge is 2.46. The molecule has 2 fully saturated rings. The Hall–Kier alpha value is -2.47. The molecule has 0 bridgehead atoms. The summed E-state index contributed by atoms with van der Waals surface area (Å²) in [7, 11) is 3.79. The molecule has 1 spiro atoms. The maximum absolute atomic E-state index is 12.8. The molecular weight excluding hydrogens is 340 g/mol. The normalized spacial score (nSPS) is 22.3. The van der Waals surface area contributed by atoms with Crippen molar-refractivity contribution in [3.05, 3.63) is 64.1 Å². The van der Waals surface area contributed by atoms with Gasteiger partial charge in [-0.2, -0.15) is 5.10 Å². The molecule has 0 N–H and O–H groups in total. The third-order valence-corrected chi connectivity index (χ3v) is 6.36. The Balaban J connectivity index is 1.44. The smallest absolute Gasteiger partial charge is 0.274 e. The highest BCUT2D eigenvalue weighted by atomic mass is 16.2. The maximum Gasteiger partial charge on any atom is 0.274 e. The van der Waals surface area contributed by atoms with Crippen molar-refractivity contribution in [1.29, 1.82) is 0 Å². The van der Waals surface area contributed by atoms with E-state index >= 15 is 0 Å². The van der Waals surface area contributed by atoms with Crippen LogP contribution in [-0.2, 0) is 7.05 Å². The average Bonchev–Trinajstić information content (AvgIpc) is 3.01. The Morgan fingerprint density at radius 2 is 1.78 bits per heavy atom. The largest absolute Gasteiger partial charge is 0.337 e. The zero-order chi connectivity index (χ0) is 19.0. The molecule has 0 radical (unpaired) electrons. The number of rotatable bonds is 2. The fraction of sp³-hybridized carbons (Fsp3) is 0.476. The van der Waals surface area contributed by atoms with Crippen molar-refractivity contribution in [3.63, 3.8) is 0 Å². The fourth-order valence-electron chi connectivity index (χ4n) is 4.64. The average molecular weight is 366 g/mol. The molecule has 1 unspecified atom stereocenters. The number of benzene rings is 1. The van der Waals surface area contributed by atoms with E-state index in [1.54, 1.807) is 7.05 Å². The van der Waals surface area contributed by atoms with Gasteiger partial charge in [0.05, 0.1) is 0 Å². The van der Waals surface area contributed by atoms with Crippen LogP contribution in [0.5, 0.6) is 0 Å². The van der Waals surface area contributed by atoms with Gasteiger partial charge in [-0.05, 0) is 43.9 Å². The van der Waals surface area contributed by atoms with Gasteiger partial charge in [0.2, 0.25) is 0 Å². The number of piperidine rings is 1. The van der Waals surface area contributed by atoms with Crippen molar-refractivity contribution in [1.82, 2.24) is 19.6 Å². The summed E-state index contributed by atoms with van der Waals surface area (Å²) in [5, 5.41) is 4.11. The van der Waals surface area contributed by atoms with E-state index in [1.165, 1.54) is 22.4 Å². The Kier molecular flexibility index (Phi) is 4.60. The molecule has 2 aromatic rings. The number of hydrogen-bond acceptors (Lipinski definition) is 4. The van der Waals surface area contributed by atoms with Crippen LogP contribution in [0.15, 0.2) is 47.3 Å². The van der Waals surface area contributed by atoms with E-state index in [4.69, 9.17) is 0 Å². The summed E-state index contributed by atoms with van der Waals surface area (Å²) in [6.07, 6.45) is 3.10. The predicted molar refractivity (Wildman–Crippen MR) is 104 cm³/mol. The van der Waals surface area contributed by atoms with Crippen molar-refractivity contribution in [2.75, 3.05) is 26.7 Å². The van der Waals surface area contributed by atoms with E-state index in [-0.39, 0.29) is 17.0 Å². The first-order valence-corrected chi connectivity index (χ1v) is 9.58. The number of aromatic nitrogens is 2. The lowest BCUT2D eigenvalue weighted by molar-refractivity contribution is 0.0485. The van der Waals surface area contributed by atoms with E-state index < -0.39 is 0 Å². The lowest BCUT2D eigenvalue weighted by Crippen LogP contribution is -2.52. The minimum atomic E-state index is -0.205. The molecule has 2 aliphatic heterocycles. The molecule has 0 aliphatic carbocycles. The molecule has 27 heavy (non-hydrogen) atoms. The molecule has 4 rings (SSSR count). The van der Waals surface area contributed by atoms with Crippen LogP contribution < -0.4 is 5.56 Å². The van der Waals surface area contributed by atoms with Gasteiger partial charge in [0.25, 0.3) is 11.5 Å². The number of carbonyl (C=O) groups excluding carboxylic acids is 1. The molecule has 2 aliphatic rings. The van der Waals surface area contributed by atoms with Gasteiger partial charge in [-0.15, -0.1) is 0 Å². The second-order valence-electron chi connectivity index (χ2n) is 7.89. The van der Waals surface area contributed by atoms with Crippen molar-refractivity contribution in [3.8, 4) is 0 Å². The van der Waals surface area contributed by atoms with Gasteiger partial charge in [0, 0.05) is 38.3 Å². The first-order chi connectivity index (χ1) is 13.0. The summed E-state index contributed by atoms with van der Waals surface area (Å²) in [4.78, 5) is 28.6. The van der Waals surface area contributed by atoms with E-state index in [1.807, 2.05) is 4.90 Å². The molecule has 1 atom stereocenters. The Bertz CT molecular complexity index is 885. The topological polar surface area (TPSA) is 58.4 Å². The molecule has 1 aromatic carbocycles. The number of hydrogen-bond donors (Lipinski definition) is 0. The predicted octanol–water partition coefficient (Wildman–Crippen LogP) is 1.87. The molecule has 6 heteroatoms. The fourth-order valence-corrected chi connectivity index (χ4v) is 4.64. The van der Waals surface area contributed by atoms with Crippen LogP contribution in [0.4, 0.5) is 0 Å². The molecule has 1 aromatic heterocycles. The standard InChI is InChI=1S/C21H26N4O2/c1-23-15-17(16-6-4-3-5-7-16)14-21(23)10-12-25(13-11-21)20(27)18-8-9-19(26)24(2)22-18/h3-9,17H,10-15H2,1-2H3. The third kappa shape index (κ3) is 3.30. The molecule has 0 saturated carbocycles. The number of nitrogens with zero attached hydrogens (tertiary/aromatic N) is 4. The minimum absolute atomic E-state index is 0.0827. The second-order valence-corrected chi connectivity index (χ2v) is 7.89. The lowest BCUT2D eigenvalue weighted by Gasteiger charge is -2.43. The van der Waals surface area contributed by atoms with Crippen molar-refractivity contribution < 1.29 is 4.79 Å². The molecular formula is C21H26N4O2. The second kappa shape index (κ2) is 6.93. The first kappa shape index (κ1) is 17.9. The Labute approximate surface area is 159 Å². The van der Waals surface area contributed by atoms with Crippen LogP contribution in [0, 0.1) is 0 Å². The van der Waals surface area contributed by atoms with Crippen LogP contribution in [0.2, 0.25) is 0 Å². The van der Waals surface area contributed by atoms with Crippen LogP contribution in [0.3, 0.4) is 0 Å².